The van der Waals surface area contributed by atoms with E-state index >= 15 is 0 Å². The van der Waals surface area contributed by atoms with Gasteiger partial charge in [-0.2, -0.15) is 0 Å². The van der Waals surface area contributed by atoms with Crippen molar-refractivity contribution in [2.45, 2.75) is 17.3 Å². The van der Waals surface area contributed by atoms with Crippen LogP contribution in [0.5, 0.6) is 0 Å². The topological polar surface area (TPSA) is 3.24 Å². The molecular weight excluding hydrogens is 731 g/mol. The lowest BCUT2D eigenvalue weighted by molar-refractivity contribution is 0.333. The van der Waals surface area contributed by atoms with Gasteiger partial charge in [-0.15, -0.1) is 11.3 Å². The lowest BCUT2D eigenvalue weighted by Gasteiger charge is -2.58. The van der Waals surface area contributed by atoms with Crippen molar-refractivity contribution in [1.29, 1.82) is 0 Å². The highest BCUT2D eigenvalue weighted by molar-refractivity contribution is 7.26. The number of para-hydroxylation sites is 1. The van der Waals surface area contributed by atoms with Crippen LogP contribution in [0, 0.1) is 0 Å². The van der Waals surface area contributed by atoms with E-state index in [0.717, 1.165) is 5.69 Å². The highest BCUT2D eigenvalue weighted by Gasteiger charge is 2.70. The number of thiophene rings is 1. The van der Waals surface area contributed by atoms with Crippen LogP contribution in [-0.2, 0) is 5.41 Å². The third kappa shape index (κ3) is 4.44. The van der Waals surface area contributed by atoms with E-state index < -0.39 is 0 Å². The van der Waals surface area contributed by atoms with Crippen LogP contribution in [-0.4, -0.2) is 0 Å². The standard InChI is InChI=1S/C57H37NS/c1-3-16-36(17-4-1)37-30-32-39(33-31-37)58(49-28-13-9-20-41(49)43-24-15-25-44-42-21-10-14-29-51(42)59-56(43)44)50-35-34-40(38-18-5-2-6-19-38)52-53(50)55-46-23-8-12-27-48(46)57(55)47-26-11-7-22-45(47)54(52)57/h1-35,54-55H. The van der Waals surface area contributed by atoms with Crippen molar-refractivity contribution in [1.82, 2.24) is 0 Å². The maximum atomic E-state index is 2.59. The summed E-state index contributed by atoms with van der Waals surface area (Å²) in [6.07, 6.45) is 0. The first-order valence-corrected chi connectivity index (χ1v) is 21.5. The lowest BCUT2D eigenvalue weighted by atomic mass is 9.43. The monoisotopic (exact) mass is 767 g/mol. The summed E-state index contributed by atoms with van der Waals surface area (Å²) in [5.41, 5.74) is 19.9. The van der Waals surface area contributed by atoms with Crippen LogP contribution in [0.1, 0.15) is 45.2 Å². The molecule has 0 saturated carbocycles. The molecule has 0 aliphatic heterocycles. The normalized spacial score (nSPS) is 17.9. The summed E-state index contributed by atoms with van der Waals surface area (Å²) in [6.45, 7) is 0. The van der Waals surface area contributed by atoms with Crippen molar-refractivity contribution in [3.8, 4) is 33.4 Å². The third-order valence-electron chi connectivity index (χ3n) is 13.6. The van der Waals surface area contributed by atoms with Gasteiger partial charge < -0.3 is 4.90 Å². The van der Waals surface area contributed by atoms with Crippen molar-refractivity contribution >= 4 is 48.6 Å². The molecule has 9 aromatic carbocycles. The maximum Gasteiger partial charge on any atom is 0.0540 e. The van der Waals surface area contributed by atoms with Gasteiger partial charge >= 0.3 is 0 Å². The van der Waals surface area contributed by atoms with Gasteiger partial charge in [-0.3, -0.25) is 0 Å². The molecule has 1 heterocycles. The van der Waals surface area contributed by atoms with Crippen LogP contribution >= 0.6 is 11.3 Å². The summed E-state index contributed by atoms with van der Waals surface area (Å²) in [5, 5.41) is 2.63. The van der Waals surface area contributed by atoms with Crippen molar-refractivity contribution in [2.75, 3.05) is 4.90 Å². The van der Waals surface area contributed by atoms with Gasteiger partial charge in [-0.05, 0) is 86.0 Å². The van der Waals surface area contributed by atoms with E-state index in [9.17, 15) is 0 Å². The van der Waals surface area contributed by atoms with E-state index in [1.165, 1.54) is 98.3 Å². The van der Waals surface area contributed by atoms with E-state index in [0.29, 0.717) is 0 Å². The molecule has 0 fully saturated rings. The Morgan fingerprint density at radius 1 is 0.373 bits per heavy atom. The number of hydrogen-bond acceptors (Lipinski definition) is 2. The second kappa shape index (κ2) is 12.5. The number of fused-ring (bicyclic) bond motifs is 10. The van der Waals surface area contributed by atoms with Crippen molar-refractivity contribution in [2.24, 2.45) is 0 Å². The van der Waals surface area contributed by atoms with Crippen LogP contribution in [0.2, 0.25) is 0 Å². The predicted octanol–water partition coefficient (Wildman–Crippen LogP) is 15.4. The van der Waals surface area contributed by atoms with E-state index in [4.69, 9.17) is 0 Å². The van der Waals surface area contributed by atoms with Crippen LogP contribution < -0.4 is 4.90 Å². The Morgan fingerprint density at radius 3 is 1.71 bits per heavy atom. The Morgan fingerprint density at radius 2 is 0.949 bits per heavy atom. The smallest absolute Gasteiger partial charge is 0.0540 e. The van der Waals surface area contributed by atoms with Crippen molar-refractivity contribution < 1.29 is 0 Å². The highest BCUT2D eigenvalue weighted by atomic mass is 32.1. The Hall–Kier alpha value is -7.00. The quantitative estimate of drug-likeness (QED) is 0.163. The molecule has 276 valence electrons. The SMILES string of the molecule is c1ccc(-c2ccc(N(c3ccccc3-c3cccc4c3sc3ccccc34)c3ccc(-c4ccccc4)c4c3C3c5ccccc5C35c3ccccc3C45)cc2)cc1. The molecule has 0 radical (unpaired) electrons. The largest absolute Gasteiger partial charge is 0.310 e. The number of rotatable bonds is 6. The van der Waals surface area contributed by atoms with E-state index in [1.54, 1.807) is 0 Å². The molecule has 1 aromatic heterocycles. The molecule has 59 heavy (non-hydrogen) atoms. The van der Waals surface area contributed by atoms with Gasteiger partial charge in [0.1, 0.15) is 0 Å². The first kappa shape index (κ1) is 33.0. The van der Waals surface area contributed by atoms with E-state index in [1.807, 2.05) is 11.3 Å². The van der Waals surface area contributed by atoms with E-state index in [2.05, 4.69) is 217 Å². The Bertz CT molecular complexity index is 3290. The van der Waals surface area contributed by atoms with Gasteiger partial charge in [0.15, 0.2) is 0 Å². The fourth-order valence-electron chi connectivity index (χ4n) is 11.3. The fraction of sp³-hybridized carbons (Fsp3) is 0.0526. The molecule has 10 aromatic rings. The lowest BCUT2D eigenvalue weighted by Crippen LogP contribution is -2.52. The van der Waals surface area contributed by atoms with Gasteiger partial charge in [-0.1, -0.05) is 182 Å². The Balaban J connectivity index is 1.11. The van der Waals surface area contributed by atoms with Gasteiger partial charge in [0.25, 0.3) is 0 Å². The molecule has 1 spiro atoms. The zero-order valence-electron chi connectivity index (χ0n) is 32.2. The fourth-order valence-corrected chi connectivity index (χ4v) is 12.5. The number of hydrogen-bond donors (Lipinski definition) is 0. The summed E-state index contributed by atoms with van der Waals surface area (Å²) in [4.78, 5) is 2.59. The minimum Gasteiger partial charge on any atom is -0.310 e. The Labute approximate surface area is 348 Å². The second-order valence-electron chi connectivity index (χ2n) is 16.3. The first-order valence-electron chi connectivity index (χ1n) is 20.7. The van der Waals surface area contributed by atoms with Gasteiger partial charge in [0.05, 0.1) is 11.4 Å². The zero-order chi connectivity index (χ0) is 38.7. The molecule has 3 unspecified atom stereocenters. The number of benzene rings is 9. The van der Waals surface area contributed by atoms with Crippen LogP contribution in [0.3, 0.4) is 0 Å². The predicted molar refractivity (Wildman–Crippen MR) is 248 cm³/mol. The average Bonchev–Trinajstić information content (AvgIpc) is 3.79. The molecule has 13 rings (SSSR count). The molecule has 1 nitrogen and oxygen atoms in total. The molecule has 0 saturated heterocycles. The van der Waals surface area contributed by atoms with Crippen LogP contribution in [0.15, 0.2) is 212 Å². The summed E-state index contributed by atoms with van der Waals surface area (Å²) in [7, 11) is 0. The van der Waals surface area contributed by atoms with Crippen molar-refractivity contribution in [3.05, 3.63) is 246 Å². The summed E-state index contributed by atoms with van der Waals surface area (Å²) in [5.74, 6) is 0.505. The summed E-state index contributed by atoms with van der Waals surface area (Å²) >= 11 is 1.90. The molecule has 0 bridgehead atoms. The highest BCUT2D eigenvalue weighted by Crippen LogP contribution is 2.79. The summed E-state index contributed by atoms with van der Waals surface area (Å²) in [6, 6.07) is 79.3. The summed E-state index contributed by atoms with van der Waals surface area (Å²) < 4.78 is 2.64. The zero-order valence-corrected chi connectivity index (χ0v) is 33.0. The van der Waals surface area contributed by atoms with Crippen molar-refractivity contribution in [3.63, 3.8) is 0 Å². The molecule has 3 atom stereocenters. The number of nitrogens with zero attached hydrogens (tertiary/aromatic N) is 1. The molecule has 0 amide bonds. The third-order valence-corrected chi connectivity index (χ3v) is 14.8. The molecule has 0 N–H and O–H groups in total. The van der Waals surface area contributed by atoms with E-state index in [-0.39, 0.29) is 17.3 Å². The maximum absolute atomic E-state index is 2.59. The van der Waals surface area contributed by atoms with Gasteiger partial charge in [0, 0.05) is 54.2 Å². The molecule has 3 aliphatic carbocycles. The minimum atomic E-state index is -0.0832. The van der Waals surface area contributed by atoms with Crippen LogP contribution in [0.4, 0.5) is 17.1 Å². The average molecular weight is 768 g/mol. The van der Waals surface area contributed by atoms with Gasteiger partial charge in [0.2, 0.25) is 0 Å². The molecular formula is C57H37NS. The minimum absolute atomic E-state index is 0.0832. The molecule has 3 aliphatic rings. The number of anilines is 3. The first-order chi connectivity index (χ1) is 29.3. The molecule has 2 heteroatoms. The second-order valence-corrected chi connectivity index (χ2v) is 17.3. The Kier molecular flexibility index (Phi) is 7.00. The van der Waals surface area contributed by atoms with Crippen LogP contribution in [0.25, 0.3) is 53.6 Å². The van der Waals surface area contributed by atoms with Gasteiger partial charge in [-0.25, -0.2) is 0 Å².